The lowest BCUT2D eigenvalue weighted by Crippen LogP contribution is -2.42. The van der Waals surface area contributed by atoms with Crippen molar-refractivity contribution < 1.29 is 29.3 Å². The average Bonchev–Trinajstić information content (AvgIpc) is 2.45. The molecule has 0 fully saturated rings. The highest BCUT2D eigenvalue weighted by atomic mass is 16.5. The molecule has 3 N–H and O–H groups in total. The minimum atomic E-state index is -1.42. The van der Waals surface area contributed by atoms with Crippen molar-refractivity contribution in [2.75, 3.05) is 6.61 Å². The molecule has 0 bridgehead atoms. The summed E-state index contributed by atoms with van der Waals surface area (Å²) in [4.78, 5) is 33.3. The Morgan fingerprint density at radius 1 is 1.20 bits per heavy atom. The van der Waals surface area contributed by atoms with Crippen LogP contribution in [0.25, 0.3) is 0 Å². The smallest absolute Gasteiger partial charge is 0.408 e. The van der Waals surface area contributed by atoms with Crippen LogP contribution in [0.5, 0.6) is 0 Å². The van der Waals surface area contributed by atoms with Crippen molar-refractivity contribution in [3.63, 3.8) is 0 Å². The second-order valence-corrected chi connectivity index (χ2v) is 4.00. The zero-order valence-corrected chi connectivity index (χ0v) is 10.6. The first-order valence-electron chi connectivity index (χ1n) is 5.85. The van der Waals surface area contributed by atoms with Crippen molar-refractivity contribution in [3.8, 4) is 0 Å². The summed E-state index contributed by atoms with van der Waals surface area (Å²) in [6, 6.07) is 7.43. The summed E-state index contributed by atoms with van der Waals surface area (Å²) in [6.07, 6.45) is -1.43. The number of carbonyl (C=O) groups excluding carboxylic acids is 2. The highest BCUT2D eigenvalue weighted by Gasteiger charge is 2.23. The Bertz CT molecular complexity index is 473. The minimum Gasteiger partial charge on any atom is -0.480 e. The summed E-state index contributed by atoms with van der Waals surface area (Å²) in [5.41, 5.74) is 0.751. The lowest BCUT2D eigenvalue weighted by Gasteiger charge is -2.13. The first-order chi connectivity index (χ1) is 9.52. The molecule has 108 valence electrons. The maximum absolute atomic E-state index is 11.4. The average molecular weight is 281 g/mol. The molecule has 1 rings (SSSR count). The number of amides is 1. The van der Waals surface area contributed by atoms with Gasteiger partial charge in [-0.15, -0.1) is 0 Å². The number of ether oxygens (including phenoxy) is 1. The molecule has 1 aromatic carbocycles. The Morgan fingerprint density at radius 2 is 1.85 bits per heavy atom. The van der Waals surface area contributed by atoms with E-state index in [1.165, 1.54) is 0 Å². The van der Waals surface area contributed by atoms with Crippen molar-refractivity contribution in [2.24, 2.45) is 0 Å². The van der Waals surface area contributed by atoms with Crippen LogP contribution in [0.3, 0.4) is 0 Å². The normalized spacial score (nSPS) is 11.4. The monoisotopic (exact) mass is 281 g/mol. The van der Waals surface area contributed by atoms with E-state index in [-0.39, 0.29) is 6.61 Å². The number of aliphatic hydroxyl groups excluding tert-OH is 1. The van der Waals surface area contributed by atoms with Gasteiger partial charge in [-0.25, -0.2) is 9.59 Å². The molecule has 20 heavy (non-hydrogen) atoms. The van der Waals surface area contributed by atoms with E-state index in [2.05, 4.69) is 5.32 Å². The van der Waals surface area contributed by atoms with Gasteiger partial charge in [0.1, 0.15) is 19.3 Å². The largest absolute Gasteiger partial charge is 0.480 e. The fourth-order valence-corrected chi connectivity index (χ4v) is 1.40. The Balaban J connectivity index is 2.46. The predicted molar refractivity (Wildman–Crippen MR) is 67.9 cm³/mol. The van der Waals surface area contributed by atoms with Gasteiger partial charge in [0.15, 0.2) is 5.78 Å². The Hall–Kier alpha value is -2.41. The van der Waals surface area contributed by atoms with Gasteiger partial charge in [-0.05, 0) is 5.56 Å². The molecule has 0 aliphatic heterocycles. The number of carbonyl (C=O) groups is 3. The number of aliphatic hydroxyl groups is 1. The number of aliphatic carboxylic acids is 1. The number of ketones is 1. The molecule has 0 aromatic heterocycles. The number of nitrogens with one attached hydrogen (secondary N) is 1. The van der Waals surface area contributed by atoms with E-state index in [0.29, 0.717) is 0 Å². The van der Waals surface area contributed by atoms with Crippen LogP contribution in [0, 0.1) is 0 Å². The van der Waals surface area contributed by atoms with Crippen LogP contribution >= 0.6 is 0 Å². The van der Waals surface area contributed by atoms with Gasteiger partial charge in [0.25, 0.3) is 0 Å². The zero-order chi connectivity index (χ0) is 15.0. The van der Waals surface area contributed by atoms with Crippen molar-refractivity contribution in [1.82, 2.24) is 5.32 Å². The molecule has 0 aliphatic rings. The fourth-order valence-electron chi connectivity index (χ4n) is 1.40. The van der Waals surface area contributed by atoms with Gasteiger partial charge < -0.3 is 20.3 Å². The molecule has 0 saturated carbocycles. The number of hydrogen-bond donors (Lipinski definition) is 3. The van der Waals surface area contributed by atoms with Crippen LogP contribution in [-0.2, 0) is 20.9 Å². The number of carboxylic acids is 1. The second kappa shape index (κ2) is 7.90. The van der Waals surface area contributed by atoms with Gasteiger partial charge in [0, 0.05) is 6.42 Å². The quantitative estimate of drug-likeness (QED) is 0.663. The van der Waals surface area contributed by atoms with E-state index in [4.69, 9.17) is 14.9 Å². The lowest BCUT2D eigenvalue weighted by molar-refractivity contribution is -0.141. The number of alkyl carbamates (subject to hydrolysis) is 1. The predicted octanol–water partition coefficient (Wildman–Crippen LogP) is 0.317. The van der Waals surface area contributed by atoms with E-state index < -0.39 is 36.9 Å². The van der Waals surface area contributed by atoms with E-state index in [1.54, 1.807) is 24.3 Å². The van der Waals surface area contributed by atoms with E-state index in [0.717, 1.165) is 5.56 Å². The maximum atomic E-state index is 11.4. The van der Waals surface area contributed by atoms with Crippen molar-refractivity contribution in [2.45, 2.75) is 19.1 Å². The fraction of sp³-hybridized carbons (Fsp3) is 0.308. The van der Waals surface area contributed by atoms with Gasteiger partial charge in [0.05, 0.1) is 0 Å². The molecular formula is C13H15NO6. The van der Waals surface area contributed by atoms with Crippen molar-refractivity contribution in [3.05, 3.63) is 35.9 Å². The molecule has 0 saturated heterocycles. The van der Waals surface area contributed by atoms with Crippen LogP contribution in [0.2, 0.25) is 0 Å². The molecule has 0 heterocycles. The summed E-state index contributed by atoms with van der Waals surface area (Å²) in [5, 5.41) is 19.5. The van der Waals surface area contributed by atoms with Crippen LogP contribution < -0.4 is 5.32 Å². The first kappa shape index (κ1) is 15.6. The molecular weight excluding hydrogens is 266 g/mol. The zero-order valence-electron chi connectivity index (χ0n) is 10.6. The van der Waals surface area contributed by atoms with Crippen LogP contribution in [-0.4, -0.2) is 40.7 Å². The van der Waals surface area contributed by atoms with E-state index >= 15 is 0 Å². The molecule has 1 aromatic rings. The Labute approximate surface area is 115 Å². The van der Waals surface area contributed by atoms with E-state index in [1.807, 2.05) is 6.07 Å². The highest BCUT2D eigenvalue weighted by Crippen LogP contribution is 2.01. The van der Waals surface area contributed by atoms with Crippen LogP contribution in [0.1, 0.15) is 12.0 Å². The molecule has 7 heteroatoms. The van der Waals surface area contributed by atoms with Gasteiger partial charge in [-0.1, -0.05) is 30.3 Å². The Morgan fingerprint density at radius 3 is 2.40 bits per heavy atom. The van der Waals surface area contributed by atoms with Crippen molar-refractivity contribution >= 4 is 17.8 Å². The summed E-state index contributed by atoms with van der Waals surface area (Å²) in [7, 11) is 0. The highest BCUT2D eigenvalue weighted by molar-refractivity contribution is 5.88. The molecule has 0 radical (unpaired) electrons. The summed E-state index contributed by atoms with van der Waals surface area (Å²) in [5.74, 6) is -2.05. The third kappa shape index (κ3) is 5.49. The summed E-state index contributed by atoms with van der Waals surface area (Å²) in [6.45, 7) is -0.780. The Kier molecular flexibility index (Phi) is 6.18. The van der Waals surface area contributed by atoms with E-state index in [9.17, 15) is 14.4 Å². The number of benzene rings is 1. The standard InChI is InChI=1S/C13H15NO6/c15-7-10(16)6-11(12(17)18)14-13(19)20-8-9-4-2-1-3-5-9/h1-5,11,15H,6-8H2,(H,14,19)(H,17,18)/t11-/m0/s1. The van der Waals surface area contributed by atoms with Gasteiger partial charge in [-0.3, -0.25) is 4.79 Å². The molecule has 0 spiro atoms. The van der Waals surface area contributed by atoms with Gasteiger partial charge in [0.2, 0.25) is 0 Å². The third-order valence-electron chi connectivity index (χ3n) is 2.41. The number of carboxylic acid groups (broad SMARTS) is 1. The summed E-state index contributed by atoms with van der Waals surface area (Å²) < 4.78 is 4.84. The summed E-state index contributed by atoms with van der Waals surface area (Å²) >= 11 is 0. The molecule has 7 nitrogen and oxygen atoms in total. The topological polar surface area (TPSA) is 113 Å². The van der Waals surface area contributed by atoms with Crippen LogP contribution in [0.4, 0.5) is 4.79 Å². The molecule has 0 unspecified atom stereocenters. The number of hydrogen-bond acceptors (Lipinski definition) is 5. The van der Waals surface area contributed by atoms with Crippen molar-refractivity contribution in [1.29, 1.82) is 0 Å². The maximum Gasteiger partial charge on any atom is 0.408 e. The third-order valence-corrected chi connectivity index (χ3v) is 2.41. The minimum absolute atomic E-state index is 0.00699. The number of rotatable bonds is 7. The first-order valence-corrected chi connectivity index (χ1v) is 5.85. The van der Waals surface area contributed by atoms with Crippen LogP contribution in [0.15, 0.2) is 30.3 Å². The SMILES string of the molecule is O=C(CO)C[C@H](NC(=O)OCc1ccccc1)C(=O)O. The molecule has 1 amide bonds. The second-order valence-electron chi connectivity index (χ2n) is 4.00. The molecule has 1 atom stereocenters. The number of Topliss-reactive ketones (excluding diaryl/α,β-unsaturated/α-hetero) is 1. The molecule has 0 aliphatic carbocycles. The van der Waals surface area contributed by atoms with Gasteiger partial charge >= 0.3 is 12.1 Å². The lowest BCUT2D eigenvalue weighted by atomic mass is 10.1. The van der Waals surface area contributed by atoms with Gasteiger partial charge in [-0.2, -0.15) is 0 Å².